The Balaban J connectivity index is 1.70. The van der Waals surface area contributed by atoms with E-state index < -0.39 is 0 Å². The Morgan fingerprint density at radius 1 is 1.21 bits per heavy atom. The molecule has 0 N–H and O–H groups in total. The number of ketones is 1. The maximum atomic E-state index is 11.2. The van der Waals surface area contributed by atoms with Gasteiger partial charge in [-0.05, 0) is 31.2 Å². The second-order valence-electron chi connectivity index (χ2n) is 5.36. The van der Waals surface area contributed by atoms with Crippen LogP contribution in [0.15, 0.2) is 47.1 Å². The van der Waals surface area contributed by atoms with Gasteiger partial charge in [0.25, 0.3) is 0 Å². The lowest BCUT2D eigenvalue weighted by atomic mass is 10.1. The fraction of sp³-hybridized carbons (Fsp3) is 0.278. The zero-order valence-electron chi connectivity index (χ0n) is 13.7. The first kappa shape index (κ1) is 16.1. The standard InChI is InChI=1S/C18H19N3O3/c1-3-21-16(8-10-20-21)18-14(5-4-9-19-18)11-23-12-15-6-7-17(24-15)13(2)22/h4-10H,3,11-12H2,1-2H3. The minimum atomic E-state index is -0.0939. The predicted molar refractivity (Wildman–Crippen MR) is 88.3 cm³/mol. The van der Waals surface area contributed by atoms with Gasteiger partial charge in [0.05, 0.1) is 18.0 Å². The molecule has 0 amide bonds. The van der Waals surface area contributed by atoms with E-state index in [0.717, 1.165) is 23.5 Å². The van der Waals surface area contributed by atoms with Crippen molar-refractivity contribution in [1.82, 2.24) is 14.8 Å². The Hall–Kier alpha value is -2.73. The van der Waals surface area contributed by atoms with Gasteiger partial charge in [-0.25, -0.2) is 0 Å². The van der Waals surface area contributed by atoms with Crippen LogP contribution in [0.5, 0.6) is 0 Å². The van der Waals surface area contributed by atoms with Crippen molar-refractivity contribution >= 4 is 5.78 Å². The average Bonchev–Trinajstić information content (AvgIpc) is 3.24. The van der Waals surface area contributed by atoms with Crippen LogP contribution in [0.2, 0.25) is 0 Å². The Morgan fingerprint density at radius 3 is 2.83 bits per heavy atom. The third kappa shape index (κ3) is 3.44. The first-order chi connectivity index (χ1) is 11.7. The molecule has 0 spiro atoms. The van der Waals surface area contributed by atoms with E-state index in [2.05, 4.69) is 10.1 Å². The SMILES string of the molecule is CCn1nccc1-c1ncccc1COCc1ccc(C(C)=O)o1. The van der Waals surface area contributed by atoms with Crippen molar-refractivity contribution in [2.75, 3.05) is 0 Å². The second-order valence-corrected chi connectivity index (χ2v) is 5.36. The molecular formula is C18H19N3O3. The number of pyridine rings is 1. The summed E-state index contributed by atoms with van der Waals surface area (Å²) in [4.78, 5) is 15.7. The molecule has 0 saturated carbocycles. The number of nitrogens with zero attached hydrogens (tertiary/aromatic N) is 3. The molecule has 124 valence electrons. The van der Waals surface area contributed by atoms with Gasteiger partial charge in [0, 0.05) is 31.4 Å². The Morgan fingerprint density at radius 2 is 2.08 bits per heavy atom. The van der Waals surface area contributed by atoms with Gasteiger partial charge in [0.15, 0.2) is 11.5 Å². The van der Waals surface area contributed by atoms with Crippen molar-refractivity contribution in [3.8, 4) is 11.4 Å². The summed E-state index contributed by atoms with van der Waals surface area (Å²) in [5.41, 5.74) is 2.81. The lowest BCUT2D eigenvalue weighted by Gasteiger charge is -2.10. The predicted octanol–water partition coefficient (Wildman–Crippen LogP) is 3.48. The van der Waals surface area contributed by atoms with E-state index in [0.29, 0.717) is 24.7 Å². The number of carbonyl (C=O) groups excluding carboxylic acids is 1. The maximum absolute atomic E-state index is 11.2. The van der Waals surface area contributed by atoms with Crippen LogP contribution in [-0.2, 0) is 24.5 Å². The highest BCUT2D eigenvalue weighted by Crippen LogP contribution is 2.22. The molecule has 0 radical (unpaired) electrons. The molecule has 6 nitrogen and oxygen atoms in total. The summed E-state index contributed by atoms with van der Waals surface area (Å²) in [6.07, 6.45) is 3.53. The molecule has 3 aromatic rings. The molecule has 3 rings (SSSR count). The van der Waals surface area contributed by atoms with Gasteiger partial charge in [-0.1, -0.05) is 6.07 Å². The molecule has 0 unspecified atom stereocenters. The molecular weight excluding hydrogens is 306 g/mol. The van der Waals surface area contributed by atoms with Crippen LogP contribution in [0.3, 0.4) is 0 Å². The summed E-state index contributed by atoms with van der Waals surface area (Å²) in [6, 6.07) is 9.23. The van der Waals surface area contributed by atoms with Crippen LogP contribution >= 0.6 is 0 Å². The lowest BCUT2D eigenvalue weighted by Crippen LogP contribution is -2.03. The Bertz CT molecular complexity index is 835. The number of ether oxygens (including phenoxy) is 1. The third-order valence-electron chi connectivity index (χ3n) is 3.66. The van der Waals surface area contributed by atoms with Crippen LogP contribution in [0.1, 0.15) is 35.7 Å². The van der Waals surface area contributed by atoms with E-state index in [9.17, 15) is 4.79 Å². The number of Topliss-reactive ketones (excluding diaryl/α,β-unsaturated/α-hetero) is 1. The molecule has 0 bridgehead atoms. The van der Waals surface area contributed by atoms with Crippen LogP contribution in [0.4, 0.5) is 0 Å². The summed E-state index contributed by atoms with van der Waals surface area (Å²) < 4.78 is 13.1. The summed E-state index contributed by atoms with van der Waals surface area (Å²) in [7, 11) is 0. The van der Waals surface area contributed by atoms with E-state index in [4.69, 9.17) is 9.15 Å². The molecule has 0 fully saturated rings. The van der Waals surface area contributed by atoms with Crippen molar-refractivity contribution in [1.29, 1.82) is 0 Å². The summed E-state index contributed by atoms with van der Waals surface area (Å²) in [5.74, 6) is 0.885. The smallest absolute Gasteiger partial charge is 0.194 e. The molecule has 0 saturated heterocycles. The first-order valence-electron chi connectivity index (χ1n) is 7.82. The molecule has 0 aliphatic rings. The van der Waals surface area contributed by atoms with Gasteiger partial charge in [-0.3, -0.25) is 14.5 Å². The zero-order chi connectivity index (χ0) is 16.9. The van der Waals surface area contributed by atoms with E-state index in [1.807, 2.05) is 29.8 Å². The first-order valence-corrected chi connectivity index (χ1v) is 7.82. The number of aryl methyl sites for hydroxylation is 1. The fourth-order valence-electron chi connectivity index (χ4n) is 2.48. The van der Waals surface area contributed by atoms with Crippen molar-refractivity contribution in [2.24, 2.45) is 0 Å². The molecule has 6 heteroatoms. The third-order valence-corrected chi connectivity index (χ3v) is 3.66. The molecule has 0 aliphatic heterocycles. The second kappa shape index (κ2) is 7.23. The van der Waals surface area contributed by atoms with Crippen molar-refractivity contribution in [3.63, 3.8) is 0 Å². The zero-order valence-corrected chi connectivity index (χ0v) is 13.7. The van der Waals surface area contributed by atoms with Gasteiger partial charge in [-0.15, -0.1) is 0 Å². The Kier molecular flexibility index (Phi) is 4.86. The molecule has 0 atom stereocenters. The van der Waals surface area contributed by atoms with Gasteiger partial charge >= 0.3 is 0 Å². The van der Waals surface area contributed by atoms with Gasteiger partial charge in [0.1, 0.15) is 12.4 Å². The van der Waals surface area contributed by atoms with Crippen LogP contribution in [0.25, 0.3) is 11.4 Å². The van der Waals surface area contributed by atoms with E-state index in [-0.39, 0.29) is 5.78 Å². The lowest BCUT2D eigenvalue weighted by molar-refractivity contribution is 0.0884. The van der Waals surface area contributed by atoms with E-state index >= 15 is 0 Å². The van der Waals surface area contributed by atoms with Crippen molar-refractivity contribution in [3.05, 3.63) is 59.8 Å². The minimum absolute atomic E-state index is 0.0939. The molecule has 0 aliphatic carbocycles. The maximum Gasteiger partial charge on any atom is 0.194 e. The van der Waals surface area contributed by atoms with Crippen molar-refractivity contribution in [2.45, 2.75) is 33.6 Å². The highest BCUT2D eigenvalue weighted by molar-refractivity contribution is 5.91. The number of hydrogen-bond donors (Lipinski definition) is 0. The monoisotopic (exact) mass is 325 g/mol. The van der Waals surface area contributed by atoms with Crippen LogP contribution in [0, 0.1) is 0 Å². The number of furan rings is 1. The molecule has 0 aromatic carbocycles. The summed E-state index contributed by atoms with van der Waals surface area (Å²) >= 11 is 0. The topological polar surface area (TPSA) is 70.2 Å². The highest BCUT2D eigenvalue weighted by atomic mass is 16.5. The quantitative estimate of drug-likeness (QED) is 0.622. The van der Waals surface area contributed by atoms with Crippen molar-refractivity contribution < 1.29 is 13.9 Å². The Labute approximate surface area is 140 Å². The number of rotatable bonds is 7. The van der Waals surface area contributed by atoms with Gasteiger partial charge in [-0.2, -0.15) is 5.10 Å². The number of hydrogen-bond acceptors (Lipinski definition) is 5. The van der Waals surface area contributed by atoms with Crippen LogP contribution < -0.4 is 0 Å². The summed E-state index contributed by atoms with van der Waals surface area (Å²) in [6.45, 7) is 4.99. The van der Waals surface area contributed by atoms with E-state index in [1.165, 1.54) is 6.92 Å². The number of aromatic nitrogens is 3. The average molecular weight is 325 g/mol. The molecule has 24 heavy (non-hydrogen) atoms. The fourth-order valence-corrected chi connectivity index (χ4v) is 2.48. The van der Waals surface area contributed by atoms with E-state index in [1.54, 1.807) is 24.5 Å². The normalized spacial score (nSPS) is 10.9. The largest absolute Gasteiger partial charge is 0.456 e. The highest BCUT2D eigenvalue weighted by Gasteiger charge is 2.12. The minimum Gasteiger partial charge on any atom is -0.456 e. The van der Waals surface area contributed by atoms with Crippen LogP contribution in [-0.4, -0.2) is 20.5 Å². The molecule has 3 heterocycles. The van der Waals surface area contributed by atoms with Gasteiger partial charge < -0.3 is 9.15 Å². The number of carbonyl (C=O) groups is 1. The van der Waals surface area contributed by atoms with Gasteiger partial charge in [0.2, 0.25) is 0 Å². The summed E-state index contributed by atoms with van der Waals surface area (Å²) in [5, 5.41) is 4.29. The molecule has 3 aromatic heterocycles.